The van der Waals surface area contributed by atoms with Crippen molar-refractivity contribution in [1.82, 2.24) is 0 Å². The van der Waals surface area contributed by atoms with Crippen molar-refractivity contribution in [1.29, 1.82) is 0 Å². The Kier molecular flexibility index (Phi) is 28.2. The van der Waals surface area contributed by atoms with Gasteiger partial charge in [0.15, 0.2) is 0 Å². The molecule has 0 spiro atoms. The number of carbonyl (C=O) groups is 1. The molecule has 0 saturated heterocycles. The molecule has 0 amide bonds. The van der Waals surface area contributed by atoms with Crippen molar-refractivity contribution in [3.05, 3.63) is 0 Å². The van der Waals surface area contributed by atoms with Gasteiger partial charge in [-0.25, -0.2) is 4.79 Å². The summed E-state index contributed by atoms with van der Waals surface area (Å²) in [5.74, 6) is 0. The van der Waals surface area contributed by atoms with Gasteiger partial charge in [0.2, 0.25) is 0 Å². The zero-order valence-corrected chi connectivity index (χ0v) is 5.92. The van der Waals surface area contributed by atoms with Crippen LogP contribution in [0.25, 0.3) is 0 Å². The molecule has 10 heavy (non-hydrogen) atoms. The Morgan fingerprint density at radius 3 is 1.40 bits per heavy atom. The normalized spacial score (nSPS) is 6.60. The van der Waals surface area contributed by atoms with Crippen LogP contribution in [0, 0.1) is 0 Å². The van der Waals surface area contributed by atoms with Gasteiger partial charge in [0.25, 0.3) is 0 Å². The molecule has 0 aromatic carbocycles. The van der Waals surface area contributed by atoms with Gasteiger partial charge in [0.1, 0.15) is 0 Å². The Morgan fingerprint density at radius 1 is 1.20 bits per heavy atom. The molecule has 0 atom stereocenters. The van der Waals surface area contributed by atoms with Crippen molar-refractivity contribution < 1.29 is 15.0 Å². The molecule has 0 aliphatic carbocycles. The van der Waals surface area contributed by atoms with E-state index >= 15 is 0 Å². The van der Waals surface area contributed by atoms with E-state index in [1.165, 1.54) is 19.3 Å². The average Bonchev–Trinajstić information content (AvgIpc) is 1.66. The summed E-state index contributed by atoms with van der Waals surface area (Å²) in [6.07, 6.45) is 2.24. The molecule has 0 unspecified atom stereocenters. The Labute approximate surface area is 104 Å². The number of rotatable bonds is 2. The van der Waals surface area contributed by atoms with Gasteiger partial charge < -0.3 is 10.2 Å². The predicted molar refractivity (Wildman–Crippen MR) is 43.0 cm³/mol. The quantitative estimate of drug-likeness (QED) is 0.627. The van der Waals surface area contributed by atoms with E-state index in [1.807, 2.05) is 0 Å². The number of hydrogen-bond donors (Lipinski definition) is 2. The summed E-state index contributed by atoms with van der Waals surface area (Å²) < 4.78 is 0. The SMILES string of the molecule is CCCCC.O=C(O)O.[KH]. The van der Waals surface area contributed by atoms with Crippen LogP contribution in [0.1, 0.15) is 33.1 Å². The molecule has 4 heteroatoms. The zero-order valence-electron chi connectivity index (χ0n) is 5.92. The summed E-state index contributed by atoms with van der Waals surface area (Å²) in [5.41, 5.74) is 0. The second-order valence-electron chi connectivity index (χ2n) is 1.64. The molecule has 58 valence electrons. The first kappa shape index (κ1) is 17.1. The fourth-order valence-electron chi connectivity index (χ4n) is 0.354. The third-order valence-electron chi connectivity index (χ3n) is 0.707. The van der Waals surface area contributed by atoms with Crippen molar-refractivity contribution in [2.75, 3.05) is 0 Å². The first-order valence-corrected chi connectivity index (χ1v) is 3.07. The molecule has 0 bridgehead atoms. The van der Waals surface area contributed by atoms with Gasteiger partial charge >= 0.3 is 57.5 Å². The molecule has 0 heterocycles. The molecule has 0 fully saturated rings. The van der Waals surface area contributed by atoms with E-state index in [4.69, 9.17) is 15.0 Å². The van der Waals surface area contributed by atoms with Gasteiger partial charge in [-0.3, -0.25) is 0 Å². The van der Waals surface area contributed by atoms with Gasteiger partial charge in [-0.15, -0.1) is 0 Å². The molecule has 0 aromatic heterocycles. The molecular formula is C6H15KO3. The van der Waals surface area contributed by atoms with Crippen LogP contribution in [-0.4, -0.2) is 67.8 Å². The second-order valence-corrected chi connectivity index (χ2v) is 1.64. The third kappa shape index (κ3) is 65.9. The number of hydrogen-bond acceptors (Lipinski definition) is 1. The Hall–Kier alpha value is 0.906. The minimum absolute atomic E-state index is 0. The second kappa shape index (κ2) is 16.5. The van der Waals surface area contributed by atoms with Gasteiger partial charge in [0.05, 0.1) is 0 Å². The molecular weight excluding hydrogens is 159 g/mol. The maximum absolute atomic E-state index is 8.56. The summed E-state index contributed by atoms with van der Waals surface area (Å²) in [5, 5.41) is 13.9. The summed E-state index contributed by atoms with van der Waals surface area (Å²) in [7, 11) is 0. The van der Waals surface area contributed by atoms with E-state index in [1.54, 1.807) is 0 Å². The van der Waals surface area contributed by atoms with Crippen molar-refractivity contribution in [3.63, 3.8) is 0 Å². The van der Waals surface area contributed by atoms with Crippen LogP contribution in [0.5, 0.6) is 0 Å². The van der Waals surface area contributed by atoms with Crippen molar-refractivity contribution in [2.45, 2.75) is 33.1 Å². The van der Waals surface area contributed by atoms with Crippen molar-refractivity contribution >= 4 is 57.5 Å². The summed E-state index contributed by atoms with van der Waals surface area (Å²) >= 11 is 0. The summed E-state index contributed by atoms with van der Waals surface area (Å²) in [6, 6.07) is 0. The standard InChI is InChI=1S/C5H12.CH2O3.K.H/c1-3-5-4-2;2-1(3)4;;/h3-5H2,1-2H3;(H2,2,3,4);;. The third-order valence-corrected chi connectivity index (χ3v) is 0.707. The average molecular weight is 174 g/mol. The fraction of sp³-hybridized carbons (Fsp3) is 0.833. The van der Waals surface area contributed by atoms with E-state index in [2.05, 4.69) is 13.8 Å². The topological polar surface area (TPSA) is 57.5 Å². The van der Waals surface area contributed by atoms with Crippen LogP contribution in [0.3, 0.4) is 0 Å². The number of unbranched alkanes of at least 4 members (excludes halogenated alkanes) is 2. The van der Waals surface area contributed by atoms with E-state index in [0.29, 0.717) is 0 Å². The molecule has 0 aliphatic rings. The van der Waals surface area contributed by atoms with Crippen LogP contribution in [0.15, 0.2) is 0 Å². The predicted octanol–water partition coefficient (Wildman–Crippen LogP) is 1.77. The van der Waals surface area contributed by atoms with Gasteiger partial charge in [-0.05, 0) is 0 Å². The Bertz CT molecular complexity index is 60.0. The molecule has 0 rings (SSSR count). The molecule has 2 N–H and O–H groups in total. The Morgan fingerprint density at radius 2 is 1.40 bits per heavy atom. The van der Waals surface area contributed by atoms with Crippen LogP contribution in [0.4, 0.5) is 4.79 Å². The van der Waals surface area contributed by atoms with Gasteiger partial charge in [-0.2, -0.15) is 0 Å². The van der Waals surface area contributed by atoms with E-state index in [-0.39, 0.29) is 51.4 Å². The van der Waals surface area contributed by atoms with Crippen LogP contribution < -0.4 is 0 Å². The summed E-state index contributed by atoms with van der Waals surface area (Å²) in [6.45, 7) is 4.42. The van der Waals surface area contributed by atoms with Crippen molar-refractivity contribution in [2.24, 2.45) is 0 Å². The van der Waals surface area contributed by atoms with Crippen LogP contribution in [-0.2, 0) is 0 Å². The molecule has 3 nitrogen and oxygen atoms in total. The van der Waals surface area contributed by atoms with E-state index in [9.17, 15) is 0 Å². The van der Waals surface area contributed by atoms with Crippen LogP contribution in [0.2, 0.25) is 0 Å². The minimum atomic E-state index is -1.83. The number of carboxylic acid groups (broad SMARTS) is 2. The molecule has 0 radical (unpaired) electrons. The molecule has 0 aliphatic heterocycles. The molecule has 0 aromatic rings. The maximum atomic E-state index is 8.56. The first-order valence-electron chi connectivity index (χ1n) is 3.07. The monoisotopic (exact) mass is 174 g/mol. The van der Waals surface area contributed by atoms with E-state index in [0.717, 1.165) is 0 Å². The van der Waals surface area contributed by atoms with Gasteiger partial charge in [0, 0.05) is 0 Å². The zero-order chi connectivity index (χ0) is 7.70. The molecule has 0 saturated carbocycles. The van der Waals surface area contributed by atoms with Crippen molar-refractivity contribution in [3.8, 4) is 0 Å². The summed E-state index contributed by atoms with van der Waals surface area (Å²) in [4.78, 5) is 8.56. The van der Waals surface area contributed by atoms with Crippen LogP contribution >= 0.6 is 0 Å². The fourth-order valence-corrected chi connectivity index (χ4v) is 0.354. The van der Waals surface area contributed by atoms with E-state index < -0.39 is 6.16 Å². The first-order chi connectivity index (χ1) is 4.15. The van der Waals surface area contributed by atoms with Gasteiger partial charge in [-0.1, -0.05) is 33.1 Å². The Balaban J connectivity index is -0.0000000910.